The summed E-state index contributed by atoms with van der Waals surface area (Å²) in [7, 11) is 2.96. The van der Waals surface area contributed by atoms with Gasteiger partial charge in [0.05, 0.1) is 23.4 Å². The molecule has 0 aliphatic rings. The highest BCUT2D eigenvalue weighted by Gasteiger charge is 2.19. The van der Waals surface area contributed by atoms with E-state index in [0.717, 1.165) is 5.06 Å². The monoisotopic (exact) mass is 265 g/mol. The molecule has 6 heteroatoms. The Kier molecular flexibility index (Phi) is 3.64. The quantitative estimate of drug-likeness (QED) is 0.799. The highest BCUT2D eigenvalue weighted by molar-refractivity contribution is 6.33. The summed E-state index contributed by atoms with van der Waals surface area (Å²) < 4.78 is 1.55. The molecular formula is C12H12ClN3O2. The van der Waals surface area contributed by atoms with Crippen molar-refractivity contribution in [2.45, 2.75) is 0 Å². The zero-order valence-corrected chi connectivity index (χ0v) is 10.8. The first-order valence-corrected chi connectivity index (χ1v) is 5.63. The number of hydrogen-bond acceptors (Lipinski definition) is 3. The first kappa shape index (κ1) is 12.6. The molecule has 0 radical (unpaired) electrons. The van der Waals surface area contributed by atoms with E-state index in [1.54, 1.807) is 41.3 Å². The molecule has 0 aliphatic carbocycles. The van der Waals surface area contributed by atoms with Gasteiger partial charge in [-0.2, -0.15) is 5.10 Å². The lowest BCUT2D eigenvalue weighted by atomic mass is 10.1. The minimum atomic E-state index is -0.287. The van der Waals surface area contributed by atoms with Crippen molar-refractivity contribution in [1.82, 2.24) is 14.8 Å². The Labute approximate surface area is 109 Å². The zero-order valence-electron chi connectivity index (χ0n) is 10.0. The van der Waals surface area contributed by atoms with Crippen molar-refractivity contribution in [3.05, 3.63) is 47.2 Å². The van der Waals surface area contributed by atoms with Gasteiger partial charge in [-0.1, -0.05) is 17.7 Å². The van der Waals surface area contributed by atoms with Crippen molar-refractivity contribution in [2.24, 2.45) is 0 Å². The summed E-state index contributed by atoms with van der Waals surface area (Å²) in [6.07, 6.45) is 3.35. The minimum absolute atomic E-state index is 0.287. The summed E-state index contributed by atoms with van der Waals surface area (Å²) in [5.74, 6) is -0.287. The highest BCUT2D eigenvalue weighted by Crippen LogP contribution is 2.24. The second-order valence-corrected chi connectivity index (χ2v) is 3.98. The second kappa shape index (κ2) is 5.20. The number of para-hydroxylation sites is 1. The van der Waals surface area contributed by atoms with Crippen LogP contribution in [0.15, 0.2) is 36.7 Å². The van der Waals surface area contributed by atoms with Gasteiger partial charge < -0.3 is 0 Å². The van der Waals surface area contributed by atoms with Gasteiger partial charge in [0.2, 0.25) is 0 Å². The fraction of sp³-hybridized carbons (Fsp3) is 0.167. The fourth-order valence-corrected chi connectivity index (χ4v) is 1.84. The van der Waals surface area contributed by atoms with Gasteiger partial charge in [-0.05, 0) is 18.2 Å². The van der Waals surface area contributed by atoms with Crippen LogP contribution in [0.5, 0.6) is 0 Å². The first-order chi connectivity index (χ1) is 8.65. The molecule has 2 rings (SSSR count). The van der Waals surface area contributed by atoms with Gasteiger partial charge >= 0.3 is 0 Å². The molecule has 0 aliphatic heterocycles. The van der Waals surface area contributed by atoms with E-state index in [1.165, 1.54) is 14.2 Å². The molecule has 1 amide bonds. The van der Waals surface area contributed by atoms with Crippen molar-refractivity contribution in [3.8, 4) is 5.69 Å². The lowest BCUT2D eigenvalue weighted by molar-refractivity contribution is -0.0756. The molecule has 0 saturated carbocycles. The summed E-state index contributed by atoms with van der Waals surface area (Å²) in [5.41, 5.74) is 0.966. The molecule has 5 nitrogen and oxygen atoms in total. The Morgan fingerprint density at radius 1 is 1.44 bits per heavy atom. The molecule has 0 bridgehead atoms. The number of benzene rings is 1. The van der Waals surface area contributed by atoms with Crippen LogP contribution in [0.4, 0.5) is 0 Å². The Balaban J connectivity index is 2.55. The van der Waals surface area contributed by atoms with Gasteiger partial charge in [-0.15, -0.1) is 0 Å². The smallest absolute Gasteiger partial charge is 0.274 e. The van der Waals surface area contributed by atoms with E-state index in [4.69, 9.17) is 16.4 Å². The molecule has 0 unspecified atom stereocenters. The van der Waals surface area contributed by atoms with Crippen molar-refractivity contribution >= 4 is 17.5 Å². The Bertz CT molecular complexity index is 554. The van der Waals surface area contributed by atoms with Gasteiger partial charge in [0.1, 0.15) is 0 Å². The average Bonchev–Trinajstić information content (AvgIpc) is 2.90. The third kappa shape index (κ3) is 2.23. The Morgan fingerprint density at radius 2 is 2.22 bits per heavy atom. The largest absolute Gasteiger partial charge is 0.279 e. The normalized spacial score (nSPS) is 10.4. The van der Waals surface area contributed by atoms with Gasteiger partial charge in [0, 0.05) is 19.4 Å². The van der Waals surface area contributed by atoms with Gasteiger partial charge in [-0.3, -0.25) is 9.63 Å². The molecule has 0 atom stereocenters. The zero-order chi connectivity index (χ0) is 13.1. The summed E-state index contributed by atoms with van der Waals surface area (Å²) >= 11 is 6.14. The maximum absolute atomic E-state index is 12.1. The molecule has 94 valence electrons. The van der Waals surface area contributed by atoms with E-state index in [1.807, 2.05) is 0 Å². The number of nitrogens with zero attached hydrogens (tertiary/aromatic N) is 3. The van der Waals surface area contributed by atoms with E-state index < -0.39 is 0 Å². The number of carbonyl (C=O) groups is 1. The molecule has 0 N–H and O–H groups in total. The number of rotatable bonds is 3. The predicted molar refractivity (Wildman–Crippen MR) is 67.7 cm³/mol. The number of hydrogen-bond donors (Lipinski definition) is 0. The molecule has 2 aromatic rings. The summed E-state index contributed by atoms with van der Waals surface area (Å²) in [4.78, 5) is 17.0. The Hall–Kier alpha value is -1.85. The van der Waals surface area contributed by atoms with Gasteiger partial charge in [0.15, 0.2) is 0 Å². The van der Waals surface area contributed by atoms with Gasteiger partial charge in [-0.25, -0.2) is 9.75 Å². The number of hydroxylamine groups is 2. The third-order valence-electron chi connectivity index (χ3n) is 2.51. The van der Waals surface area contributed by atoms with Crippen molar-refractivity contribution < 1.29 is 9.63 Å². The molecule has 0 spiro atoms. The van der Waals surface area contributed by atoms with Crippen molar-refractivity contribution in [3.63, 3.8) is 0 Å². The van der Waals surface area contributed by atoms with E-state index in [2.05, 4.69) is 5.10 Å². The molecule has 1 aromatic heterocycles. The lowest BCUT2D eigenvalue weighted by Gasteiger charge is -2.16. The highest BCUT2D eigenvalue weighted by atomic mass is 35.5. The van der Waals surface area contributed by atoms with Crippen LogP contribution in [0.2, 0.25) is 5.02 Å². The number of carbonyl (C=O) groups excluding carboxylic acids is 1. The topological polar surface area (TPSA) is 47.4 Å². The van der Waals surface area contributed by atoms with Crippen LogP contribution in [-0.4, -0.2) is 34.9 Å². The molecule has 0 fully saturated rings. The van der Waals surface area contributed by atoms with Crippen molar-refractivity contribution in [1.29, 1.82) is 0 Å². The predicted octanol–water partition coefficient (Wildman–Crippen LogP) is 2.16. The molecular weight excluding hydrogens is 254 g/mol. The van der Waals surface area contributed by atoms with Crippen LogP contribution in [-0.2, 0) is 4.84 Å². The standard InChI is InChI=1S/C12H12ClN3O2/c1-15(18-2)12(17)9-5-3-6-10(13)11(9)16-8-4-7-14-16/h3-8H,1-2H3. The average molecular weight is 266 g/mol. The molecule has 0 saturated heterocycles. The molecule has 18 heavy (non-hydrogen) atoms. The van der Waals surface area contributed by atoms with Crippen LogP contribution in [0.3, 0.4) is 0 Å². The van der Waals surface area contributed by atoms with Gasteiger partial charge in [0.25, 0.3) is 5.91 Å². The van der Waals surface area contributed by atoms with E-state index >= 15 is 0 Å². The molecule has 1 aromatic carbocycles. The number of halogens is 1. The van der Waals surface area contributed by atoms with Crippen molar-refractivity contribution in [2.75, 3.05) is 14.2 Å². The maximum Gasteiger partial charge on any atom is 0.279 e. The lowest BCUT2D eigenvalue weighted by Crippen LogP contribution is -2.26. The second-order valence-electron chi connectivity index (χ2n) is 3.57. The van der Waals surface area contributed by atoms with E-state index in [-0.39, 0.29) is 5.91 Å². The minimum Gasteiger partial charge on any atom is -0.274 e. The fourth-order valence-electron chi connectivity index (χ4n) is 1.57. The summed E-state index contributed by atoms with van der Waals surface area (Å²) in [5, 5.41) is 5.69. The van der Waals surface area contributed by atoms with E-state index in [9.17, 15) is 4.79 Å². The van der Waals surface area contributed by atoms with Crippen LogP contribution in [0.1, 0.15) is 10.4 Å². The Morgan fingerprint density at radius 3 is 2.83 bits per heavy atom. The van der Waals surface area contributed by atoms with Crippen LogP contribution in [0.25, 0.3) is 5.69 Å². The SMILES string of the molecule is CON(C)C(=O)c1cccc(Cl)c1-n1cccn1. The summed E-state index contributed by atoms with van der Waals surface area (Å²) in [6, 6.07) is 6.87. The van der Waals surface area contributed by atoms with Crippen LogP contribution >= 0.6 is 11.6 Å². The van der Waals surface area contributed by atoms with E-state index in [0.29, 0.717) is 16.3 Å². The molecule has 1 heterocycles. The first-order valence-electron chi connectivity index (χ1n) is 5.26. The number of aromatic nitrogens is 2. The van der Waals surface area contributed by atoms with Crippen LogP contribution < -0.4 is 0 Å². The number of amides is 1. The van der Waals surface area contributed by atoms with Crippen LogP contribution in [0, 0.1) is 0 Å². The summed E-state index contributed by atoms with van der Waals surface area (Å²) in [6.45, 7) is 0. The third-order valence-corrected chi connectivity index (χ3v) is 2.82. The maximum atomic E-state index is 12.1.